The molecule has 6 nitrogen and oxygen atoms in total. The second-order valence-corrected chi connectivity index (χ2v) is 3.83. The highest BCUT2D eigenvalue weighted by atomic mass is 16.7. The third-order valence-electron chi connectivity index (χ3n) is 1.21. The summed E-state index contributed by atoms with van der Waals surface area (Å²) in [5.74, 6) is 0. The number of ether oxygens (including phenoxy) is 1. The zero-order valence-corrected chi connectivity index (χ0v) is 8.23. The third kappa shape index (κ3) is 4.29. The van der Waals surface area contributed by atoms with E-state index in [1.54, 1.807) is 20.8 Å². The summed E-state index contributed by atoms with van der Waals surface area (Å²) in [7, 11) is 1.11. The van der Waals surface area contributed by atoms with Crippen LogP contribution in [0.1, 0.15) is 20.8 Å². The maximum atomic E-state index is 10.9. The predicted octanol–water partition coefficient (Wildman–Crippen LogP) is 1.29. The minimum Gasteiger partial charge on any atom is -0.449 e. The molecule has 0 unspecified atom stereocenters. The molecule has 13 heavy (non-hydrogen) atoms. The van der Waals surface area contributed by atoms with Gasteiger partial charge in [0.2, 0.25) is 0 Å². The Bertz CT molecular complexity index is 209. The molecule has 0 aromatic heterocycles. The topological polar surface area (TPSA) is 72.7 Å². The summed E-state index contributed by atoms with van der Waals surface area (Å²) in [6, 6.07) is 0. The fourth-order valence-electron chi connectivity index (χ4n) is 0.744. The van der Waals surface area contributed by atoms with Gasteiger partial charge in [0.05, 0.1) is 13.7 Å². The molecule has 0 aliphatic rings. The number of nitrogens with zero attached hydrogens (tertiary/aromatic N) is 2. The summed E-state index contributed by atoms with van der Waals surface area (Å²) in [5, 5.41) is 10.1. The van der Waals surface area contributed by atoms with Gasteiger partial charge in [0, 0.05) is 0 Å². The molecule has 0 bridgehead atoms. The summed E-state index contributed by atoms with van der Waals surface area (Å²) >= 11 is 0. The van der Waals surface area contributed by atoms with Crippen molar-refractivity contribution in [3.8, 4) is 0 Å². The Morgan fingerprint density at radius 2 is 2.00 bits per heavy atom. The van der Waals surface area contributed by atoms with E-state index < -0.39 is 11.1 Å². The lowest BCUT2D eigenvalue weighted by Crippen LogP contribution is -2.41. The lowest BCUT2D eigenvalue weighted by molar-refractivity contribution is -0.637. The van der Waals surface area contributed by atoms with Crippen LogP contribution in [0, 0.1) is 15.5 Å². The van der Waals surface area contributed by atoms with Crippen LogP contribution in [0.5, 0.6) is 0 Å². The second kappa shape index (κ2) is 4.06. The van der Waals surface area contributed by atoms with E-state index in [4.69, 9.17) is 0 Å². The van der Waals surface area contributed by atoms with Crippen LogP contribution in [0.25, 0.3) is 0 Å². The molecule has 6 heteroatoms. The van der Waals surface area contributed by atoms with Gasteiger partial charge in [0.1, 0.15) is 0 Å². The van der Waals surface area contributed by atoms with E-state index in [-0.39, 0.29) is 12.0 Å². The number of amides is 1. The number of carbonyl (C=O) groups excluding carboxylic acids is 1. The van der Waals surface area contributed by atoms with Crippen molar-refractivity contribution in [2.75, 3.05) is 13.7 Å². The molecule has 0 aromatic carbocycles. The molecule has 0 rings (SSSR count). The molecule has 0 saturated carbocycles. The Hall–Kier alpha value is -1.33. The average Bonchev–Trinajstić information content (AvgIpc) is 1.96. The van der Waals surface area contributed by atoms with Gasteiger partial charge in [0.25, 0.3) is 0 Å². The Kier molecular flexibility index (Phi) is 3.65. The predicted molar refractivity (Wildman–Crippen MR) is 45.6 cm³/mol. The van der Waals surface area contributed by atoms with E-state index in [9.17, 15) is 14.9 Å². The van der Waals surface area contributed by atoms with Crippen LogP contribution in [0.2, 0.25) is 0 Å². The number of methoxy groups -OCH3 is 1. The number of nitro groups is 1. The SMILES string of the molecule is COC(=O)N(CC(C)(C)C)[N+](=O)[O-]. The average molecular weight is 190 g/mol. The molecule has 0 saturated heterocycles. The van der Waals surface area contributed by atoms with Crippen molar-refractivity contribution >= 4 is 6.09 Å². The van der Waals surface area contributed by atoms with Crippen LogP contribution in [0.15, 0.2) is 0 Å². The number of hydrogen-bond acceptors (Lipinski definition) is 4. The molecule has 0 aromatic rings. The minimum atomic E-state index is -0.945. The molecular formula is C7H14N2O4. The first-order valence-corrected chi connectivity index (χ1v) is 3.78. The van der Waals surface area contributed by atoms with Crippen molar-refractivity contribution in [2.45, 2.75) is 20.8 Å². The van der Waals surface area contributed by atoms with Crippen LogP contribution in [0.4, 0.5) is 4.79 Å². The van der Waals surface area contributed by atoms with Crippen molar-refractivity contribution in [2.24, 2.45) is 5.41 Å². The number of hydrogen-bond donors (Lipinski definition) is 0. The van der Waals surface area contributed by atoms with Crippen molar-refractivity contribution in [3.63, 3.8) is 0 Å². The van der Waals surface area contributed by atoms with E-state index in [0.29, 0.717) is 5.01 Å². The Labute approximate surface area is 76.6 Å². The standard InChI is InChI=1S/C7H14N2O4/c1-7(2,3)5-8(9(11)12)6(10)13-4/h5H2,1-4H3. The van der Waals surface area contributed by atoms with Gasteiger partial charge in [-0.1, -0.05) is 20.8 Å². The summed E-state index contributed by atoms with van der Waals surface area (Å²) in [6.45, 7) is 5.41. The summed E-state index contributed by atoms with van der Waals surface area (Å²) in [6.07, 6.45) is -0.945. The Balaban J connectivity index is 4.45. The van der Waals surface area contributed by atoms with E-state index in [2.05, 4.69) is 4.74 Å². The Morgan fingerprint density at radius 1 is 1.54 bits per heavy atom. The number of rotatable bonds is 2. The molecule has 0 fully saturated rings. The first kappa shape index (κ1) is 11.7. The second-order valence-electron chi connectivity index (χ2n) is 3.83. The Morgan fingerprint density at radius 3 is 2.23 bits per heavy atom. The molecule has 0 heterocycles. The highest BCUT2D eigenvalue weighted by molar-refractivity contribution is 5.65. The van der Waals surface area contributed by atoms with Crippen molar-refractivity contribution in [1.82, 2.24) is 5.01 Å². The van der Waals surface area contributed by atoms with E-state index in [1.807, 2.05) is 0 Å². The van der Waals surface area contributed by atoms with Gasteiger partial charge < -0.3 is 4.74 Å². The van der Waals surface area contributed by atoms with Crippen molar-refractivity contribution in [1.29, 1.82) is 0 Å². The summed E-state index contributed by atoms with van der Waals surface area (Å²) in [4.78, 5) is 21.3. The fraction of sp³-hybridized carbons (Fsp3) is 0.857. The normalized spacial score (nSPS) is 10.8. The molecule has 0 aliphatic heterocycles. The zero-order chi connectivity index (χ0) is 10.6. The van der Waals surface area contributed by atoms with E-state index >= 15 is 0 Å². The van der Waals surface area contributed by atoms with Crippen molar-refractivity contribution in [3.05, 3.63) is 10.1 Å². The lowest BCUT2D eigenvalue weighted by atomic mass is 9.97. The van der Waals surface area contributed by atoms with Crippen LogP contribution >= 0.6 is 0 Å². The molecule has 0 spiro atoms. The van der Waals surface area contributed by atoms with Gasteiger partial charge in [-0.25, -0.2) is 14.9 Å². The van der Waals surface area contributed by atoms with Gasteiger partial charge >= 0.3 is 6.09 Å². The van der Waals surface area contributed by atoms with Gasteiger partial charge in [-0.2, -0.15) is 0 Å². The smallest absolute Gasteiger partial charge is 0.449 e. The summed E-state index contributed by atoms with van der Waals surface area (Å²) < 4.78 is 4.26. The van der Waals surface area contributed by atoms with E-state index in [1.165, 1.54) is 0 Å². The largest absolute Gasteiger partial charge is 0.467 e. The van der Waals surface area contributed by atoms with Gasteiger partial charge in [-0.05, 0) is 10.4 Å². The van der Waals surface area contributed by atoms with Crippen molar-refractivity contribution < 1.29 is 14.6 Å². The first-order valence-electron chi connectivity index (χ1n) is 3.78. The monoisotopic (exact) mass is 190 g/mol. The van der Waals surface area contributed by atoms with Gasteiger partial charge in [-0.15, -0.1) is 0 Å². The van der Waals surface area contributed by atoms with Crippen LogP contribution < -0.4 is 0 Å². The quantitative estimate of drug-likeness (QED) is 0.485. The van der Waals surface area contributed by atoms with Crippen LogP contribution in [0.3, 0.4) is 0 Å². The van der Waals surface area contributed by atoms with Crippen LogP contribution in [-0.4, -0.2) is 29.8 Å². The van der Waals surface area contributed by atoms with Gasteiger partial charge in [0.15, 0.2) is 5.03 Å². The minimum absolute atomic E-state index is 0.0205. The fourth-order valence-corrected chi connectivity index (χ4v) is 0.744. The number of carbonyl (C=O) groups is 1. The highest BCUT2D eigenvalue weighted by Gasteiger charge is 2.30. The highest BCUT2D eigenvalue weighted by Crippen LogP contribution is 2.15. The lowest BCUT2D eigenvalue weighted by Gasteiger charge is -2.20. The van der Waals surface area contributed by atoms with Crippen LogP contribution in [-0.2, 0) is 4.74 Å². The zero-order valence-electron chi connectivity index (χ0n) is 8.23. The third-order valence-corrected chi connectivity index (χ3v) is 1.21. The molecule has 0 radical (unpaired) electrons. The first-order chi connectivity index (χ1) is 5.78. The molecule has 1 amide bonds. The number of hydrazine groups is 1. The van der Waals surface area contributed by atoms with Gasteiger partial charge in [-0.3, -0.25) is 0 Å². The maximum absolute atomic E-state index is 10.9. The molecular weight excluding hydrogens is 176 g/mol. The molecule has 0 N–H and O–H groups in total. The summed E-state index contributed by atoms with van der Waals surface area (Å²) in [5.41, 5.74) is -0.332. The molecule has 0 aliphatic carbocycles. The molecule has 76 valence electrons. The van der Waals surface area contributed by atoms with E-state index in [0.717, 1.165) is 7.11 Å². The maximum Gasteiger partial charge on any atom is 0.467 e. The molecule has 0 atom stereocenters.